The fourth-order valence-corrected chi connectivity index (χ4v) is 3.65. The second-order valence-electron chi connectivity index (χ2n) is 6.29. The van der Waals surface area contributed by atoms with Gasteiger partial charge in [0.15, 0.2) is 6.61 Å². The van der Waals surface area contributed by atoms with Crippen molar-refractivity contribution in [3.05, 3.63) is 57.3 Å². The summed E-state index contributed by atoms with van der Waals surface area (Å²) < 4.78 is 10.3. The molecule has 1 aromatic carbocycles. The molecule has 0 saturated carbocycles. The van der Waals surface area contributed by atoms with Gasteiger partial charge >= 0.3 is 5.97 Å². The molecule has 0 radical (unpaired) electrons. The second kappa shape index (κ2) is 9.59. The van der Waals surface area contributed by atoms with Crippen LogP contribution in [0.15, 0.2) is 36.4 Å². The highest BCUT2D eigenvalue weighted by atomic mass is 32.1. The fraction of sp³-hybridized carbons (Fsp3) is 0.350. The van der Waals surface area contributed by atoms with Crippen LogP contribution >= 0.6 is 11.3 Å². The number of Topliss-reactive ketones (excluding diaryl/α,β-unsaturated/α-hetero) is 1. The number of morpholine rings is 1. The highest BCUT2D eigenvalue weighted by Crippen LogP contribution is 2.19. The number of ketones is 1. The maximum absolute atomic E-state index is 12.3. The summed E-state index contributed by atoms with van der Waals surface area (Å²) >= 11 is 1.24. The molecule has 7 nitrogen and oxygen atoms in total. The Balaban J connectivity index is 1.50. The van der Waals surface area contributed by atoms with Crippen LogP contribution in [0.2, 0.25) is 0 Å². The number of thiophene rings is 1. The molecular formula is C20H21NO6S. The standard InChI is InChI=1S/C20H21NO6S/c22-12-14-1-3-15(4-2-14)20(25)27-13-17(23)18-6-5-16(28-18)11-19(24)21-7-9-26-10-8-21/h1-6,22H,7-13H2. The third-order valence-corrected chi connectivity index (χ3v) is 5.46. The smallest absolute Gasteiger partial charge is 0.338 e. The Morgan fingerprint density at radius 1 is 1.07 bits per heavy atom. The Kier molecular flexibility index (Phi) is 6.91. The van der Waals surface area contributed by atoms with Crippen molar-refractivity contribution in [2.45, 2.75) is 13.0 Å². The maximum atomic E-state index is 12.3. The van der Waals surface area contributed by atoms with E-state index >= 15 is 0 Å². The number of carbonyl (C=O) groups excluding carboxylic acids is 3. The molecule has 28 heavy (non-hydrogen) atoms. The molecule has 1 saturated heterocycles. The summed E-state index contributed by atoms with van der Waals surface area (Å²) in [6.07, 6.45) is 0.245. The van der Waals surface area contributed by atoms with Crippen LogP contribution in [-0.2, 0) is 27.3 Å². The molecule has 0 unspecified atom stereocenters. The average molecular weight is 403 g/mol. The molecule has 3 rings (SSSR count). The van der Waals surface area contributed by atoms with Crippen LogP contribution in [-0.4, -0.2) is 60.6 Å². The number of aliphatic hydroxyl groups excluding tert-OH is 1. The fourth-order valence-electron chi connectivity index (χ4n) is 2.73. The molecule has 0 bridgehead atoms. The number of hydrogen-bond acceptors (Lipinski definition) is 7. The van der Waals surface area contributed by atoms with Gasteiger partial charge in [-0.1, -0.05) is 12.1 Å². The molecule has 1 amide bonds. The lowest BCUT2D eigenvalue weighted by Gasteiger charge is -2.26. The molecule has 1 N–H and O–H groups in total. The van der Waals surface area contributed by atoms with Gasteiger partial charge in [0.2, 0.25) is 11.7 Å². The minimum Gasteiger partial charge on any atom is -0.454 e. The van der Waals surface area contributed by atoms with E-state index in [4.69, 9.17) is 14.6 Å². The van der Waals surface area contributed by atoms with E-state index in [0.29, 0.717) is 42.3 Å². The van der Waals surface area contributed by atoms with Crippen molar-refractivity contribution in [2.24, 2.45) is 0 Å². The van der Waals surface area contributed by atoms with Crippen molar-refractivity contribution in [3.63, 3.8) is 0 Å². The Morgan fingerprint density at radius 3 is 2.46 bits per heavy atom. The minimum absolute atomic E-state index is 0.0157. The van der Waals surface area contributed by atoms with Crippen molar-refractivity contribution in [3.8, 4) is 0 Å². The summed E-state index contributed by atoms with van der Waals surface area (Å²) in [5, 5.41) is 9.01. The first kappa shape index (κ1) is 20.2. The molecular weight excluding hydrogens is 382 g/mol. The molecule has 0 aliphatic carbocycles. The lowest BCUT2D eigenvalue weighted by atomic mass is 10.1. The number of aliphatic hydroxyl groups is 1. The summed E-state index contributed by atoms with van der Waals surface area (Å²) in [6, 6.07) is 9.73. The Bertz CT molecular complexity index is 839. The Hall–Kier alpha value is -2.55. The summed E-state index contributed by atoms with van der Waals surface area (Å²) in [5.41, 5.74) is 0.998. The van der Waals surface area contributed by atoms with Crippen molar-refractivity contribution in [1.82, 2.24) is 4.90 Å². The van der Waals surface area contributed by atoms with Crippen LogP contribution in [0.5, 0.6) is 0 Å². The van der Waals surface area contributed by atoms with Crippen molar-refractivity contribution in [2.75, 3.05) is 32.9 Å². The van der Waals surface area contributed by atoms with Crippen LogP contribution in [0.25, 0.3) is 0 Å². The van der Waals surface area contributed by atoms with Crippen LogP contribution in [0.3, 0.4) is 0 Å². The van der Waals surface area contributed by atoms with E-state index in [1.807, 2.05) is 0 Å². The minimum atomic E-state index is -0.600. The average Bonchev–Trinajstić information content (AvgIpc) is 3.21. The van der Waals surface area contributed by atoms with Gasteiger partial charge in [-0.3, -0.25) is 9.59 Å². The molecule has 1 aromatic heterocycles. The van der Waals surface area contributed by atoms with E-state index in [0.717, 1.165) is 4.88 Å². The number of ether oxygens (including phenoxy) is 2. The monoisotopic (exact) mass is 403 g/mol. The zero-order valence-electron chi connectivity index (χ0n) is 15.3. The molecule has 1 aliphatic rings. The number of hydrogen-bond donors (Lipinski definition) is 1. The molecule has 8 heteroatoms. The summed E-state index contributed by atoms with van der Waals surface area (Å²) in [5.74, 6) is -0.894. The predicted molar refractivity (Wildman–Crippen MR) is 102 cm³/mol. The zero-order valence-corrected chi connectivity index (χ0v) is 16.1. The molecule has 2 heterocycles. The van der Waals surface area contributed by atoms with Gasteiger partial charge < -0.3 is 19.5 Å². The predicted octanol–water partition coefficient (Wildman–Crippen LogP) is 1.68. The van der Waals surface area contributed by atoms with Gasteiger partial charge in [0.1, 0.15) is 0 Å². The van der Waals surface area contributed by atoms with E-state index in [1.165, 1.54) is 11.3 Å². The number of nitrogens with zero attached hydrogens (tertiary/aromatic N) is 1. The van der Waals surface area contributed by atoms with Crippen LogP contribution in [0, 0.1) is 0 Å². The lowest BCUT2D eigenvalue weighted by Crippen LogP contribution is -2.41. The van der Waals surface area contributed by atoms with Crippen LogP contribution in [0.1, 0.15) is 30.5 Å². The molecule has 0 atom stereocenters. The topological polar surface area (TPSA) is 93.1 Å². The highest BCUT2D eigenvalue weighted by molar-refractivity contribution is 7.14. The number of carbonyl (C=O) groups is 3. The van der Waals surface area contributed by atoms with Gasteiger partial charge in [-0.2, -0.15) is 0 Å². The molecule has 1 fully saturated rings. The molecule has 2 aromatic rings. The third kappa shape index (κ3) is 5.25. The molecule has 148 valence electrons. The van der Waals surface area contributed by atoms with E-state index in [2.05, 4.69) is 0 Å². The van der Waals surface area contributed by atoms with Crippen LogP contribution in [0.4, 0.5) is 0 Å². The number of benzene rings is 1. The number of amides is 1. The first-order valence-electron chi connectivity index (χ1n) is 8.91. The third-order valence-electron chi connectivity index (χ3n) is 4.33. The molecule has 1 aliphatic heterocycles. The van der Waals surface area contributed by atoms with Crippen molar-refractivity contribution >= 4 is 29.0 Å². The number of rotatable bonds is 7. The van der Waals surface area contributed by atoms with Gasteiger partial charge in [0, 0.05) is 18.0 Å². The van der Waals surface area contributed by atoms with Gasteiger partial charge in [-0.15, -0.1) is 11.3 Å². The highest BCUT2D eigenvalue weighted by Gasteiger charge is 2.19. The van der Waals surface area contributed by atoms with Crippen molar-refractivity contribution in [1.29, 1.82) is 0 Å². The van der Waals surface area contributed by atoms with E-state index < -0.39 is 5.97 Å². The Morgan fingerprint density at radius 2 is 1.79 bits per heavy atom. The maximum Gasteiger partial charge on any atom is 0.338 e. The Labute approximate surface area is 166 Å². The summed E-state index contributed by atoms with van der Waals surface area (Å²) in [4.78, 5) is 39.6. The first-order valence-corrected chi connectivity index (χ1v) is 9.73. The van der Waals surface area contributed by atoms with Gasteiger partial charge in [-0.25, -0.2) is 4.79 Å². The summed E-state index contributed by atoms with van der Waals surface area (Å²) in [6.45, 7) is 1.80. The normalized spacial score (nSPS) is 14.0. The van der Waals surface area contributed by atoms with Crippen LogP contribution < -0.4 is 0 Å². The van der Waals surface area contributed by atoms with Crippen molar-refractivity contribution < 1.29 is 29.0 Å². The van der Waals surface area contributed by atoms with Gasteiger partial charge in [0.25, 0.3) is 0 Å². The second-order valence-corrected chi connectivity index (χ2v) is 7.46. The van der Waals surface area contributed by atoms with E-state index in [9.17, 15) is 14.4 Å². The van der Waals surface area contributed by atoms with Gasteiger partial charge in [0.05, 0.1) is 36.7 Å². The molecule has 0 spiro atoms. The largest absolute Gasteiger partial charge is 0.454 e. The summed E-state index contributed by atoms with van der Waals surface area (Å²) in [7, 11) is 0. The van der Waals surface area contributed by atoms with Gasteiger partial charge in [-0.05, 0) is 29.8 Å². The first-order chi connectivity index (χ1) is 13.6. The SMILES string of the molecule is O=C(OCC(=O)c1ccc(CC(=O)N2CCOCC2)s1)c1ccc(CO)cc1. The zero-order chi connectivity index (χ0) is 19.9. The number of esters is 1. The quantitative estimate of drug-likeness (QED) is 0.559. The van der Waals surface area contributed by atoms with E-state index in [1.54, 1.807) is 41.3 Å². The van der Waals surface area contributed by atoms with E-state index in [-0.39, 0.29) is 31.3 Å². The lowest BCUT2D eigenvalue weighted by molar-refractivity contribution is -0.134.